The number of nitrogens with two attached hydrogens (primary N) is 1. The standard InChI is InChI=1S/C11H18N2O2/c1-7-4-9(11(12)13-5-7)10(14)8(2)6-15-3/h4-5,8,10,14H,6H2,1-3H3,(H2,12,13). The molecule has 0 saturated carbocycles. The number of methoxy groups -OCH3 is 1. The lowest BCUT2D eigenvalue weighted by Crippen LogP contribution is -2.16. The molecule has 15 heavy (non-hydrogen) atoms. The number of aliphatic hydroxyl groups excluding tert-OH is 1. The van der Waals surface area contributed by atoms with Crippen molar-refractivity contribution in [2.75, 3.05) is 19.5 Å². The van der Waals surface area contributed by atoms with E-state index in [1.807, 2.05) is 19.9 Å². The van der Waals surface area contributed by atoms with Gasteiger partial charge in [-0.2, -0.15) is 0 Å². The molecule has 0 bridgehead atoms. The Morgan fingerprint density at radius 1 is 1.60 bits per heavy atom. The molecule has 0 aliphatic heterocycles. The Hall–Kier alpha value is -1.13. The molecule has 0 fully saturated rings. The molecule has 0 spiro atoms. The number of ether oxygens (including phenoxy) is 1. The van der Waals surface area contributed by atoms with Crippen molar-refractivity contribution in [1.82, 2.24) is 4.98 Å². The van der Waals surface area contributed by atoms with Gasteiger partial charge in [-0.3, -0.25) is 0 Å². The summed E-state index contributed by atoms with van der Waals surface area (Å²) in [6.07, 6.45) is 1.06. The van der Waals surface area contributed by atoms with Crippen LogP contribution < -0.4 is 5.73 Å². The second kappa shape index (κ2) is 5.09. The third-order valence-corrected chi connectivity index (χ3v) is 2.37. The number of hydrogen-bond acceptors (Lipinski definition) is 4. The Labute approximate surface area is 90.1 Å². The first kappa shape index (κ1) is 11.9. The van der Waals surface area contributed by atoms with Gasteiger partial charge in [0.15, 0.2) is 0 Å². The number of hydrogen-bond donors (Lipinski definition) is 2. The predicted octanol–water partition coefficient (Wildman–Crippen LogP) is 1.29. The molecule has 1 aromatic heterocycles. The summed E-state index contributed by atoms with van der Waals surface area (Å²) in [6.45, 7) is 4.33. The summed E-state index contributed by atoms with van der Waals surface area (Å²) in [5.41, 5.74) is 7.38. The van der Waals surface area contributed by atoms with Gasteiger partial charge in [-0.15, -0.1) is 0 Å². The van der Waals surface area contributed by atoms with Crippen LogP contribution in [0.2, 0.25) is 0 Å². The van der Waals surface area contributed by atoms with Crippen molar-refractivity contribution in [3.63, 3.8) is 0 Å². The number of aromatic nitrogens is 1. The highest BCUT2D eigenvalue weighted by atomic mass is 16.5. The van der Waals surface area contributed by atoms with E-state index in [0.717, 1.165) is 5.56 Å². The Morgan fingerprint density at radius 2 is 2.27 bits per heavy atom. The number of anilines is 1. The van der Waals surface area contributed by atoms with Gasteiger partial charge in [-0.1, -0.05) is 6.92 Å². The minimum Gasteiger partial charge on any atom is -0.388 e. The molecule has 0 amide bonds. The first-order chi connectivity index (χ1) is 7.06. The van der Waals surface area contributed by atoms with Crippen LogP contribution in [-0.2, 0) is 4.74 Å². The zero-order valence-electron chi connectivity index (χ0n) is 9.40. The van der Waals surface area contributed by atoms with Crippen LogP contribution in [0.15, 0.2) is 12.3 Å². The summed E-state index contributed by atoms with van der Waals surface area (Å²) >= 11 is 0. The van der Waals surface area contributed by atoms with Crippen molar-refractivity contribution in [2.24, 2.45) is 5.92 Å². The van der Waals surface area contributed by atoms with Gasteiger partial charge in [-0.25, -0.2) is 4.98 Å². The van der Waals surface area contributed by atoms with Crippen molar-refractivity contribution in [3.8, 4) is 0 Å². The van der Waals surface area contributed by atoms with Gasteiger partial charge >= 0.3 is 0 Å². The molecule has 0 saturated heterocycles. The van der Waals surface area contributed by atoms with E-state index in [4.69, 9.17) is 10.5 Å². The zero-order valence-corrected chi connectivity index (χ0v) is 9.40. The summed E-state index contributed by atoms with van der Waals surface area (Å²) in [7, 11) is 1.61. The van der Waals surface area contributed by atoms with Crippen molar-refractivity contribution in [3.05, 3.63) is 23.4 Å². The van der Waals surface area contributed by atoms with Crippen LogP contribution in [-0.4, -0.2) is 23.8 Å². The lowest BCUT2D eigenvalue weighted by atomic mass is 9.98. The summed E-state index contributed by atoms with van der Waals surface area (Å²) in [5, 5.41) is 10.0. The normalized spacial score (nSPS) is 14.9. The molecule has 2 unspecified atom stereocenters. The van der Waals surface area contributed by atoms with Crippen LogP contribution in [0, 0.1) is 12.8 Å². The molecule has 4 heteroatoms. The van der Waals surface area contributed by atoms with Gasteiger partial charge in [0.1, 0.15) is 5.82 Å². The van der Waals surface area contributed by atoms with E-state index in [0.29, 0.717) is 18.0 Å². The highest BCUT2D eigenvalue weighted by Gasteiger charge is 2.19. The molecule has 0 aliphatic carbocycles. The summed E-state index contributed by atoms with van der Waals surface area (Å²) in [4.78, 5) is 4.02. The highest BCUT2D eigenvalue weighted by Crippen LogP contribution is 2.26. The van der Waals surface area contributed by atoms with Gasteiger partial charge in [0.25, 0.3) is 0 Å². The fourth-order valence-corrected chi connectivity index (χ4v) is 1.50. The molecule has 4 nitrogen and oxygen atoms in total. The van der Waals surface area contributed by atoms with E-state index in [1.165, 1.54) is 0 Å². The van der Waals surface area contributed by atoms with Crippen molar-refractivity contribution >= 4 is 5.82 Å². The molecule has 0 aliphatic rings. The van der Waals surface area contributed by atoms with Crippen LogP contribution in [0.1, 0.15) is 24.2 Å². The number of rotatable bonds is 4. The molecule has 0 radical (unpaired) electrons. The zero-order chi connectivity index (χ0) is 11.4. The van der Waals surface area contributed by atoms with Gasteiger partial charge < -0.3 is 15.6 Å². The Kier molecular flexibility index (Phi) is 4.05. The number of nitrogens with zero attached hydrogens (tertiary/aromatic N) is 1. The van der Waals surface area contributed by atoms with E-state index in [2.05, 4.69) is 4.98 Å². The smallest absolute Gasteiger partial charge is 0.129 e. The lowest BCUT2D eigenvalue weighted by Gasteiger charge is -2.19. The molecular weight excluding hydrogens is 192 g/mol. The average molecular weight is 210 g/mol. The van der Waals surface area contributed by atoms with E-state index >= 15 is 0 Å². The average Bonchev–Trinajstić information content (AvgIpc) is 2.21. The van der Waals surface area contributed by atoms with Crippen LogP contribution >= 0.6 is 0 Å². The fraction of sp³-hybridized carbons (Fsp3) is 0.545. The van der Waals surface area contributed by atoms with E-state index in [1.54, 1.807) is 13.3 Å². The molecule has 3 N–H and O–H groups in total. The fourth-order valence-electron chi connectivity index (χ4n) is 1.50. The van der Waals surface area contributed by atoms with Gasteiger partial charge in [-0.05, 0) is 18.6 Å². The molecular formula is C11H18N2O2. The van der Waals surface area contributed by atoms with Crippen molar-refractivity contribution in [1.29, 1.82) is 0 Å². The quantitative estimate of drug-likeness (QED) is 0.785. The lowest BCUT2D eigenvalue weighted by molar-refractivity contribution is 0.0569. The maximum atomic E-state index is 10.0. The topological polar surface area (TPSA) is 68.4 Å². The summed E-state index contributed by atoms with van der Waals surface area (Å²) < 4.78 is 5.00. The molecule has 1 aromatic rings. The van der Waals surface area contributed by atoms with Gasteiger partial charge in [0.05, 0.1) is 12.7 Å². The van der Waals surface area contributed by atoms with Gasteiger partial charge in [0, 0.05) is 24.8 Å². The van der Waals surface area contributed by atoms with Crippen LogP contribution in [0.5, 0.6) is 0 Å². The Bertz CT molecular complexity index is 328. The molecule has 84 valence electrons. The maximum Gasteiger partial charge on any atom is 0.129 e. The first-order valence-corrected chi connectivity index (χ1v) is 4.95. The number of nitrogen functional groups attached to an aromatic ring is 1. The second-order valence-electron chi connectivity index (χ2n) is 3.86. The largest absolute Gasteiger partial charge is 0.388 e. The number of pyridine rings is 1. The number of aryl methyl sites for hydroxylation is 1. The van der Waals surface area contributed by atoms with E-state index < -0.39 is 6.10 Å². The monoisotopic (exact) mass is 210 g/mol. The predicted molar refractivity (Wildman–Crippen MR) is 59.4 cm³/mol. The third-order valence-electron chi connectivity index (χ3n) is 2.37. The van der Waals surface area contributed by atoms with E-state index in [9.17, 15) is 5.11 Å². The summed E-state index contributed by atoms with van der Waals surface area (Å²) in [5.74, 6) is 0.386. The van der Waals surface area contributed by atoms with Crippen LogP contribution in [0.3, 0.4) is 0 Å². The third kappa shape index (κ3) is 2.91. The van der Waals surface area contributed by atoms with Gasteiger partial charge in [0.2, 0.25) is 0 Å². The highest BCUT2D eigenvalue weighted by molar-refractivity contribution is 5.42. The van der Waals surface area contributed by atoms with Crippen molar-refractivity contribution in [2.45, 2.75) is 20.0 Å². The minimum absolute atomic E-state index is 0.000833. The van der Waals surface area contributed by atoms with Crippen molar-refractivity contribution < 1.29 is 9.84 Å². The summed E-state index contributed by atoms with van der Waals surface area (Å²) in [6, 6.07) is 1.86. The Balaban J connectivity index is 2.89. The molecule has 2 atom stereocenters. The Morgan fingerprint density at radius 3 is 2.87 bits per heavy atom. The molecule has 1 rings (SSSR count). The van der Waals surface area contributed by atoms with E-state index in [-0.39, 0.29) is 5.92 Å². The molecule has 0 aromatic carbocycles. The minimum atomic E-state index is -0.627. The first-order valence-electron chi connectivity index (χ1n) is 4.95. The molecule has 1 heterocycles. The maximum absolute atomic E-state index is 10.0. The number of aliphatic hydroxyl groups is 1. The second-order valence-corrected chi connectivity index (χ2v) is 3.86. The van der Waals surface area contributed by atoms with Crippen LogP contribution in [0.4, 0.5) is 5.82 Å². The SMILES string of the molecule is COCC(C)C(O)c1cc(C)cnc1N. The van der Waals surface area contributed by atoms with Crippen LogP contribution in [0.25, 0.3) is 0 Å².